The van der Waals surface area contributed by atoms with Gasteiger partial charge in [0.25, 0.3) is 0 Å². The zero-order valence-corrected chi connectivity index (χ0v) is 36.8. The minimum atomic E-state index is -2.00. The van der Waals surface area contributed by atoms with E-state index in [0.717, 1.165) is 12.1 Å². The third-order valence-corrected chi connectivity index (χ3v) is 26.1. The van der Waals surface area contributed by atoms with Gasteiger partial charge in [0.15, 0.2) is 0 Å². The zero-order valence-electron chi connectivity index (χ0n) is 33.2. The predicted molar refractivity (Wildman–Crippen MR) is 260 cm³/mol. The molecule has 0 amide bonds. The van der Waals surface area contributed by atoms with Crippen LogP contribution in [0.15, 0.2) is 182 Å². The van der Waals surface area contributed by atoms with Gasteiger partial charge in [-0.15, -0.1) is 0 Å². The number of hydrogen-bond acceptors (Lipinski definition) is 0. The molecule has 2 aliphatic rings. The van der Waals surface area contributed by atoms with Crippen LogP contribution < -0.4 is 31.8 Å². The topological polar surface area (TPSA) is 0 Å². The van der Waals surface area contributed by atoms with Crippen molar-refractivity contribution in [1.82, 2.24) is 0 Å². The van der Waals surface area contributed by atoms with Gasteiger partial charge in [-0.2, -0.15) is 0 Å². The van der Waals surface area contributed by atoms with E-state index in [9.17, 15) is 0 Å². The molecule has 2 fully saturated rings. The van der Waals surface area contributed by atoms with E-state index in [0.29, 0.717) is 17.0 Å². The van der Waals surface area contributed by atoms with Crippen molar-refractivity contribution >= 4 is 77.1 Å². The minimum Gasteiger partial charge on any atom is -0.0721 e. The fraction of sp³-hybridized carbons (Fsp3) is 0.280. The highest BCUT2D eigenvalue weighted by atomic mass is 31.2. The SMILES string of the molecule is C[C@H](C[C@H]1CCC[P@]1c1ccccc1)P(c1ccccc1)c1ccccc1.[B][P+]1(c2ccccc2)CCC[C@@H]1C[C@@H](C)[P+]([B])(c1ccccc1)c1ccccc1. The fourth-order valence-corrected chi connectivity index (χ4v) is 22.6. The smallest absolute Gasteiger partial charge is 0.0721 e. The molecule has 6 heteroatoms. The van der Waals surface area contributed by atoms with Gasteiger partial charge in [0, 0.05) is 19.7 Å². The van der Waals surface area contributed by atoms with Gasteiger partial charge in [-0.25, -0.2) is 0 Å². The number of hydrogen-bond donors (Lipinski definition) is 0. The van der Waals surface area contributed by atoms with Gasteiger partial charge in [0.05, 0.1) is 27.2 Å². The van der Waals surface area contributed by atoms with Crippen LogP contribution in [0.5, 0.6) is 0 Å². The summed E-state index contributed by atoms with van der Waals surface area (Å²) in [5, 5.41) is 8.62. The Hall–Kier alpha value is -2.83. The van der Waals surface area contributed by atoms with Crippen molar-refractivity contribution in [3.63, 3.8) is 0 Å². The molecule has 2 heterocycles. The Morgan fingerprint density at radius 1 is 0.607 bits per heavy atom. The Morgan fingerprint density at radius 2 is 1.07 bits per heavy atom. The maximum Gasteiger partial charge on any atom is 0.377 e. The molecule has 280 valence electrons. The molecule has 6 atom stereocenters. The van der Waals surface area contributed by atoms with E-state index in [1.807, 2.05) is 0 Å². The summed E-state index contributed by atoms with van der Waals surface area (Å²) in [6.45, 7) is 4.87. The summed E-state index contributed by atoms with van der Waals surface area (Å²) >= 11 is 0. The van der Waals surface area contributed by atoms with Crippen molar-refractivity contribution < 1.29 is 0 Å². The summed E-state index contributed by atoms with van der Waals surface area (Å²) in [7, 11) is 10.6. The second-order valence-electron chi connectivity index (χ2n) is 15.8. The highest BCUT2D eigenvalue weighted by Gasteiger charge is 2.51. The first-order valence-electron chi connectivity index (χ1n) is 20.6. The van der Waals surface area contributed by atoms with Crippen molar-refractivity contribution in [3.05, 3.63) is 182 Å². The van der Waals surface area contributed by atoms with Gasteiger partial charge in [-0.3, -0.25) is 0 Å². The molecule has 4 radical (unpaired) electrons. The average molecular weight is 803 g/mol. The van der Waals surface area contributed by atoms with Crippen LogP contribution >= 0.6 is 30.1 Å². The molecule has 0 nitrogen and oxygen atoms in total. The lowest BCUT2D eigenvalue weighted by Gasteiger charge is -2.34. The van der Waals surface area contributed by atoms with Gasteiger partial charge in [-0.05, 0) is 124 Å². The summed E-state index contributed by atoms with van der Waals surface area (Å²) in [4.78, 5) is 0. The van der Waals surface area contributed by atoms with Crippen LogP contribution in [0.2, 0.25) is 0 Å². The standard InChI is InChI=1S/C25H28B2P2.C25H28P2/c1-21(20-25-18-11-19-28(25,26)22-12-5-2-6-13-22)29(27,23-14-7-3-8-15-23)24-16-9-4-10-17-24;1-21(20-25-18-11-19-26(25)22-12-5-2-6-13-22)27(23-14-7-3-8-15-23)24-16-9-4-10-17-24/h2-10,12-17,21,25H,11,18-20H2,1H3;2-10,12-17,21,25H,11,18-20H2,1H3/q+2;/t21-,25-,28?;21-,25-,26-/m11/s1. The van der Waals surface area contributed by atoms with Gasteiger partial charge in [0.2, 0.25) is 0 Å². The first-order chi connectivity index (χ1) is 27.4. The second kappa shape index (κ2) is 19.7. The largest absolute Gasteiger partial charge is 0.377 e. The van der Waals surface area contributed by atoms with Crippen LogP contribution in [0.4, 0.5) is 0 Å². The maximum absolute atomic E-state index is 7.37. The van der Waals surface area contributed by atoms with Crippen LogP contribution in [0.3, 0.4) is 0 Å². The lowest BCUT2D eigenvalue weighted by atomic mass is 10.2. The van der Waals surface area contributed by atoms with E-state index in [1.54, 1.807) is 5.30 Å². The van der Waals surface area contributed by atoms with E-state index < -0.39 is 14.3 Å². The zero-order chi connectivity index (χ0) is 38.8. The summed E-state index contributed by atoms with van der Waals surface area (Å²) in [5.74, 6) is 0. The summed E-state index contributed by atoms with van der Waals surface area (Å²) in [6, 6.07) is 66.1. The van der Waals surface area contributed by atoms with Crippen molar-refractivity contribution in [1.29, 1.82) is 0 Å². The molecule has 0 aromatic heterocycles. The summed E-state index contributed by atoms with van der Waals surface area (Å²) in [6.07, 6.45) is 10.3. The summed E-state index contributed by atoms with van der Waals surface area (Å²) in [5.41, 5.74) is 2.55. The first-order valence-corrected chi connectivity index (χ1v) is 27.6. The van der Waals surface area contributed by atoms with Crippen molar-refractivity contribution in [2.24, 2.45) is 0 Å². The van der Waals surface area contributed by atoms with E-state index in [1.165, 1.54) is 71.0 Å². The molecule has 6 aromatic carbocycles. The molecule has 6 aromatic rings. The normalized spacial score (nSPS) is 21.9. The van der Waals surface area contributed by atoms with Crippen LogP contribution in [0.1, 0.15) is 52.4 Å². The third kappa shape index (κ3) is 9.54. The number of rotatable bonds is 12. The van der Waals surface area contributed by atoms with Gasteiger partial charge in [-0.1, -0.05) is 160 Å². The molecule has 0 spiro atoms. The molecule has 0 saturated carbocycles. The Bertz CT molecular complexity index is 1960. The van der Waals surface area contributed by atoms with E-state index in [-0.39, 0.29) is 15.8 Å². The second-order valence-corrected chi connectivity index (χ2v) is 28.1. The van der Waals surface area contributed by atoms with Crippen LogP contribution in [0.25, 0.3) is 0 Å². The average Bonchev–Trinajstić information content (AvgIpc) is 3.89. The Kier molecular flexibility index (Phi) is 14.6. The highest BCUT2D eigenvalue weighted by Crippen LogP contribution is 2.68. The van der Waals surface area contributed by atoms with E-state index in [2.05, 4.69) is 196 Å². The maximum atomic E-state index is 7.37. The number of benzene rings is 6. The molecule has 2 aliphatic heterocycles. The highest BCUT2D eigenvalue weighted by molar-refractivity contribution is 8.09. The summed E-state index contributed by atoms with van der Waals surface area (Å²) < 4.78 is 0. The van der Waals surface area contributed by atoms with Gasteiger partial charge < -0.3 is 0 Å². The third-order valence-electron chi connectivity index (χ3n) is 12.2. The van der Waals surface area contributed by atoms with Gasteiger partial charge >= 0.3 is 15.1 Å². The molecule has 1 unspecified atom stereocenters. The quantitative estimate of drug-likeness (QED) is 0.0854. The van der Waals surface area contributed by atoms with Crippen LogP contribution in [-0.2, 0) is 0 Å². The van der Waals surface area contributed by atoms with Crippen molar-refractivity contribution in [3.8, 4) is 0 Å². The molecule has 56 heavy (non-hydrogen) atoms. The molecule has 0 aliphatic carbocycles. The van der Waals surface area contributed by atoms with E-state index >= 15 is 0 Å². The Morgan fingerprint density at radius 3 is 1.59 bits per heavy atom. The Labute approximate surface area is 344 Å². The molecular weight excluding hydrogens is 746 g/mol. The molecular formula is C50H56B2P4+2. The molecule has 8 rings (SSSR count). The first kappa shape index (κ1) is 41.3. The Balaban J connectivity index is 0.000000172. The lowest BCUT2D eigenvalue weighted by Crippen LogP contribution is -2.33. The minimum absolute atomic E-state index is 0.0116. The lowest BCUT2D eigenvalue weighted by molar-refractivity contribution is 0.704. The van der Waals surface area contributed by atoms with E-state index in [4.69, 9.17) is 15.1 Å². The van der Waals surface area contributed by atoms with Crippen LogP contribution in [0, 0.1) is 0 Å². The molecule has 0 bridgehead atoms. The molecule has 2 saturated heterocycles. The predicted octanol–water partition coefficient (Wildman–Crippen LogP) is 11.0. The van der Waals surface area contributed by atoms with Crippen LogP contribution in [-0.4, -0.2) is 50.1 Å². The van der Waals surface area contributed by atoms with Gasteiger partial charge in [0.1, 0.15) is 0 Å². The molecule has 0 N–H and O–H groups in total. The fourth-order valence-electron chi connectivity index (χ4n) is 9.29. The monoisotopic (exact) mass is 802 g/mol. The van der Waals surface area contributed by atoms with Crippen molar-refractivity contribution in [2.45, 2.75) is 75.0 Å². The van der Waals surface area contributed by atoms with Crippen molar-refractivity contribution in [2.75, 3.05) is 12.3 Å².